The predicted molar refractivity (Wildman–Crippen MR) is 101 cm³/mol. The molecule has 0 aliphatic heterocycles. The second-order valence-corrected chi connectivity index (χ2v) is 7.25. The zero-order valence-electron chi connectivity index (χ0n) is 14.7. The molecule has 26 heavy (non-hydrogen) atoms. The van der Waals surface area contributed by atoms with Crippen LogP contribution < -0.4 is 5.32 Å². The third-order valence-corrected chi connectivity index (χ3v) is 5.17. The van der Waals surface area contributed by atoms with E-state index in [2.05, 4.69) is 20.6 Å². The van der Waals surface area contributed by atoms with Crippen LogP contribution in [0.15, 0.2) is 36.7 Å². The van der Waals surface area contributed by atoms with E-state index in [-0.39, 0.29) is 11.8 Å². The topological polar surface area (TPSA) is 75.6 Å². The lowest BCUT2D eigenvalue weighted by atomic mass is 10.0. The van der Waals surface area contributed by atoms with Gasteiger partial charge in [0.1, 0.15) is 5.82 Å². The van der Waals surface area contributed by atoms with E-state index in [0.717, 1.165) is 22.5 Å². The number of halogens is 1. The number of aromatic amines is 1. The molecule has 7 heteroatoms. The third-order valence-electron chi connectivity index (χ3n) is 4.77. The number of anilines is 1. The Balaban J connectivity index is 1.46. The first-order chi connectivity index (χ1) is 12.5. The van der Waals surface area contributed by atoms with Gasteiger partial charge in [0.05, 0.1) is 23.5 Å². The van der Waals surface area contributed by atoms with Gasteiger partial charge < -0.3 is 5.32 Å². The largest absolute Gasteiger partial charge is 0.311 e. The van der Waals surface area contributed by atoms with Gasteiger partial charge in [-0.2, -0.15) is 10.2 Å². The molecule has 0 bridgehead atoms. The van der Waals surface area contributed by atoms with Crippen molar-refractivity contribution < 1.29 is 4.79 Å². The van der Waals surface area contributed by atoms with Crippen molar-refractivity contribution >= 4 is 23.3 Å². The number of nitrogens with one attached hydrogen (secondary N) is 2. The molecule has 2 aromatic heterocycles. The molecule has 0 saturated heterocycles. The predicted octanol–water partition coefficient (Wildman–Crippen LogP) is 4.18. The number of rotatable bonds is 5. The first kappa shape index (κ1) is 16.8. The lowest BCUT2D eigenvalue weighted by molar-refractivity contribution is -0.117. The standard InChI is InChI=1S/C19H20ClN5O/c1-11-3-6-15(7-16(11)20)25-10-14(9-21-25)12(2)19(26)22-18-8-17(23-24-18)13-4-5-13/h3,6-10,12-13H,4-5H2,1-2H3,(H2,22,23,24,26)/t12-/m1/s1. The molecule has 1 saturated carbocycles. The van der Waals surface area contributed by atoms with Gasteiger partial charge in [0, 0.05) is 28.8 Å². The van der Waals surface area contributed by atoms with Gasteiger partial charge in [-0.3, -0.25) is 9.89 Å². The number of aromatic nitrogens is 4. The van der Waals surface area contributed by atoms with E-state index in [0.29, 0.717) is 16.8 Å². The van der Waals surface area contributed by atoms with Crippen LogP contribution in [0.3, 0.4) is 0 Å². The monoisotopic (exact) mass is 369 g/mol. The maximum absolute atomic E-state index is 12.5. The SMILES string of the molecule is Cc1ccc(-n2cc([C@@H](C)C(=O)Nc3cc(C4CC4)n[nH]3)cn2)cc1Cl. The van der Waals surface area contributed by atoms with E-state index in [1.165, 1.54) is 12.8 Å². The summed E-state index contributed by atoms with van der Waals surface area (Å²) in [6, 6.07) is 7.68. The van der Waals surface area contributed by atoms with Gasteiger partial charge in [0.2, 0.25) is 5.91 Å². The van der Waals surface area contributed by atoms with Gasteiger partial charge in [0.25, 0.3) is 0 Å². The average Bonchev–Trinajstić information content (AvgIpc) is 3.17. The van der Waals surface area contributed by atoms with Crippen molar-refractivity contribution in [3.05, 3.63) is 58.5 Å². The molecule has 1 aromatic carbocycles. The molecule has 3 aromatic rings. The van der Waals surface area contributed by atoms with Crippen LogP contribution in [-0.4, -0.2) is 25.9 Å². The normalized spacial score (nSPS) is 15.0. The number of carbonyl (C=O) groups is 1. The van der Waals surface area contributed by atoms with Gasteiger partial charge in [-0.1, -0.05) is 17.7 Å². The fourth-order valence-electron chi connectivity index (χ4n) is 2.81. The number of hydrogen-bond acceptors (Lipinski definition) is 3. The van der Waals surface area contributed by atoms with E-state index in [1.54, 1.807) is 10.9 Å². The summed E-state index contributed by atoms with van der Waals surface area (Å²) in [5.41, 5.74) is 3.74. The van der Waals surface area contributed by atoms with Crippen LogP contribution in [0, 0.1) is 6.92 Å². The summed E-state index contributed by atoms with van der Waals surface area (Å²) >= 11 is 6.19. The molecule has 0 unspecified atom stereocenters. The van der Waals surface area contributed by atoms with Crippen molar-refractivity contribution in [1.29, 1.82) is 0 Å². The Morgan fingerprint density at radius 2 is 2.19 bits per heavy atom. The number of benzene rings is 1. The Hall–Kier alpha value is -2.60. The Morgan fingerprint density at radius 1 is 1.38 bits per heavy atom. The van der Waals surface area contributed by atoms with Crippen LogP contribution in [0.25, 0.3) is 5.69 Å². The second kappa shape index (κ2) is 6.61. The number of H-pyrrole nitrogens is 1. The van der Waals surface area contributed by atoms with Gasteiger partial charge >= 0.3 is 0 Å². The van der Waals surface area contributed by atoms with E-state index in [1.807, 2.05) is 44.3 Å². The lowest BCUT2D eigenvalue weighted by Gasteiger charge is -2.09. The molecule has 1 fully saturated rings. The summed E-state index contributed by atoms with van der Waals surface area (Å²) in [5.74, 6) is 0.755. The average molecular weight is 370 g/mol. The molecule has 0 radical (unpaired) electrons. The van der Waals surface area contributed by atoms with Crippen LogP contribution in [0.2, 0.25) is 5.02 Å². The first-order valence-electron chi connectivity index (χ1n) is 8.68. The fraction of sp³-hybridized carbons (Fsp3) is 0.316. The zero-order chi connectivity index (χ0) is 18.3. The fourth-order valence-corrected chi connectivity index (χ4v) is 2.98. The molecule has 2 N–H and O–H groups in total. The minimum atomic E-state index is -0.336. The van der Waals surface area contributed by atoms with Crippen molar-refractivity contribution in [2.75, 3.05) is 5.32 Å². The summed E-state index contributed by atoms with van der Waals surface area (Å²) in [4.78, 5) is 12.5. The highest BCUT2D eigenvalue weighted by Gasteiger charge is 2.26. The number of nitrogens with zero attached hydrogens (tertiary/aromatic N) is 3. The van der Waals surface area contributed by atoms with E-state index >= 15 is 0 Å². The molecule has 4 rings (SSSR count). The molecule has 1 amide bonds. The van der Waals surface area contributed by atoms with Gasteiger partial charge in [-0.15, -0.1) is 0 Å². The van der Waals surface area contributed by atoms with Crippen LogP contribution in [0.4, 0.5) is 5.82 Å². The van der Waals surface area contributed by atoms with Gasteiger partial charge in [0.15, 0.2) is 0 Å². The number of hydrogen-bond donors (Lipinski definition) is 2. The summed E-state index contributed by atoms with van der Waals surface area (Å²) in [5, 5.41) is 15.1. The van der Waals surface area contributed by atoms with Crippen molar-refractivity contribution in [1.82, 2.24) is 20.0 Å². The summed E-state index contributed by atoms with van der Waals surface area (Å²) in [7, 11) is 0. The van der Waals surface area contributed by atoms with Crippen molar-refractivity contribution in [2.45, 2.75) is 38.5 Å². The molecule has 0 spiro atoms. The van der Waals surface area contributed by atoms with E-state index in [4.69, 9.17) is 11.6 Å². The molecular formula is C19H20ClN5O. The highest BCUT2D eigenvalue weighted by Crippen LogP contribution is 2.39. The number of aryl methyl sites for hydroxylation is 1. The Morgan fingerprint density at radius 3 is 2.92 bits per heavy atom. The highest BCUT2D eigenvalue weighted by atomic mass is 35.5. The molecule has 1 aliphatic carbocycles. The van der Waals surface area contributed by atoms with Gasteiger partial charge in [-0.05, 0) is 44.4 Å². The first-order valence-corrected chi connectivity index (χ1v) is 9.06. The summed E-state index contributed by atoms with van der Waals surface area (Å²) in [6.45, 7) is 3.81. The Kier molecular flexibility index (Phi) is 4.28. The van der Waals surface area contributed by atoms with E-state index < -0.39 is 0 Å². The number of amides is 1. The Labute approximate surface area is 156 Å². The minimum absolute atomic E-state index is 0.0996. The molecule has 134 valence electrons. The molecule has 6 nitrogen and oxygen atoms in total. The lowest BCUT2D eigenvalue weighted by Crippen LogP contribution is -2.18. The van der Waals surface area contributed by atoms with E-state index in [9.17, 15) is 4.79 Å². The third kappa shape index (κ3) is 3.37. The van der Waals surface area contributed by atoms with Gasteiger partial charge in [-0.25, -0.2) is 4.68 Å². The van der Waals surface area contributed by atoms with Crippen molar-refractivity contribution in [2.24, 2.45) is 0 Å². The maximum Gasteiger partial charge on any atom is 0.232 e. The van der Waals surface area contributed by atoms with Crippen molar-refractivity contribution in [3.63, 3.8) is 0 Å². The Bertz CT molecular complexity index is 957. The minimum Gasteiger partial charge on any atom is -0.311 e. The zero-order valence-corrected chi connectivity index (χ0v) is 15.4. The second-order valence-electron chi connectivity index (χ2n) is 6.84. The van der Waals surface area contributed by atoms with Crippen LogP contribution in [0.1, 0.15) is 48.4 Å². The molecule has 1 aliphatic rings. The van der Waals surface area contributed by atoms with Crippen molar-refractivity contribution in [3.8, 4) is 5.69 Å². The number of carbonyl (C=O) groups excluding carboxylic acids is 1. The maximum atomic E-state index is 12.5. The summed E-state index contributed by atoms with van der Waals surface area (Å²) in [6.07, 6.45) is 5.92. The molecular weight excluding hydrogens is 350 g/mol. The quantitative estimate of drug-likeness (QED) is 0.708. The van der Waals surface area contributed by atoms with Crippen LogP contribution in [-0.2, 0) is 4.79 Å². The molecule has 1 atom stereocenters. The van der Waals surface area contributed by atoms with Crippen LogP contribution in [0.5, 0.6) is 0 Å². The van der Waals surface area contributed by atoms with Crippen LogP contribution >= 0.6 is 11.6 Å². The molecule has 2 heterocycles. The highest BCUT2D eigenvalue weighted by molar-refractivity contribution is 6.31. The smallest absolute Gasteiger partial charge is 0.232 e. The summed E-state index contributed by atoms with van der Waals surface area (Å²) < 4.78 is 1.73.